The van der Waals surface area contributed by atoms with Gasteiger partial charge >= 0.3 is 0 Å². The maximum atomic E-state index is 13.1. The molecule has 0 unspecified atom stereocenters. The monoisotopic (exact) mass is 639 g/mol. The van der Waals surface area contributed by atoms with Crippen LogP contribution in [0.5, 0.6) is 5.75 Å². The molecule has 0 saturated heterocycles. The predicted octanol–water partition coefficient (Wildman–Crippen LogP) is 5.86. The van der Waals surface area contributed by atoms with Crippen molar-refractivity contribution in [1.29, 1.82) is 0 Å². The SMILES string of the molecule is O=C(CCOc1cccc(NS(=O)(=O)c2ccc(C(=O)Nc3ccc(Cl)c(-c4nc5ccccc5[nH]4)c3)c(Cl)c2)c1)NO. The highest BCUT2D eigenvalue weighted by atomic mass is 35.5. The van der Waals surface area contributed by atoms with Crippen LogP contribution >= 0.6 is 23.2 Å². The molecule has 0 aliphatic rings. The van der Waals surface area contributed by atoms with Gasteiger partial charge in [0.2, 0.25) is 5.91 Å². The molecule has 14 heteroatoms. The predicted molar refractivity (Wildman–Crippen MR) is 163 cm³/mol. The Hall–Kier alpha value is -4.62. The van der Waals surface area contributed by atoms with E-state index >= 15 is 0 Å². The van der Waals surface area contributed by atoms with E-state index in [4.69, 9.17) is 33.1 Å². The van der Waals surface area contributed by atoms with Crippen molar-refractivity contribution in [3.63, 3.8) is 0 Å². The highest BCUT2D eigenvalue weighted by molar-refractivity contribution is 7.92. The van der Waals surface area contributed by atoms with Crippen LogP contribution in [0.4, 0.5) is 11.4 Å². The van der Waals surface area contributed by atoms with Crippen LogP contribution in [-0.4, -0.2) is 42.0 Å². The molecule has 11 nitrogen and oxygen atoms in total. The quantitative estimate of drug-likeness (QED) is 0.0943. The number of carbonyl (C=O) groups excluding carboxylic acids is 2. The molecule has 0 atom stereocenters. The average Bonchev–Trinajstić information content (AvgIpc) is 3.42. The number of aromatic amines is 1. The lowest BCUT2D eigenvalue weighted by atomic mass is 10.1. The van der Waals surface area contributed by atoms with E-state index in [1.54, 1.807) is 30.3 Å². The van der Waals surface area contributed by atoms with Crippen molar-refractivity contribution in [3.05, 3.63) is 101 Å². The fourth-order valence-corrected chi connectivity index (χ4v) is 5.70. The van der Waals surface area contributed by atoms with E-state index in [0.717, 1.165) is 11.0 Å². The minimum atomic E-state index is -4.09. The number of hydroxylamine groups is 1. The Morgan fingerprint density at radius 1 is 0.907 bits per heavy atom. The molecule has 0 bridgehead atoms. The standard InChI is InChI=1S/C29H23Cl2N5O6S/c30-23-11-8-17(15-22(23)28-33-25-6-1-2-7-26(25)34-28)32-29(38)21-10-9-20(16-24(21)31)43(40,41)36-18-4-3-5-19(14-18)42-13-12-27(37)35-39/h1-11,14-16,36,39H,12-13H2,(H,32,38)(H,33,34)(H,35,37). The van der Waals surface area contributed by atoms with Crippen molar-refractivity contribution in [2.24, 2.45) is 0 Å². The fourth-order valence-electron chi connectivity index (χ4n) is 4.09. The summed E-state index contributed by atoms with van der Waals surface area (Å²) in [5.74, 6) is -0.332. The number of halogens is 2. The summed E-state index contributed by atoms with van der Waals surface area (Å²) in [5, 5.41) is 11.7. The van der Waals surface area contributed by atoms with E-state index < -0.39 is 21.8 Å². The first-order valence-electron chi connectivity index (χ1n) is 12.7. The average molecular weight is 641 g/mol. The van der Waals surface area contributed by atoms with Crippen molar-refractivity contribution in [2.45, 2.75) is 11.3 Å². The van der Waals surface area contributed by atoms with Crippen molar-refractivity contribution in [3.8, 4) is 17.1 Å². The molecule has 5 N–H and O–H groups in total. The van der Waals surface area contributed by atoms with E-state index in [9.17, 15) is 18.0 Å². The first-order valence-corrected chi connectivity index (χ1v) is 14.9. The number of anilines is 2. The largest absolute Gasteiger partial charge is 0.493 e. The number of H-pyrrole nitrogens is 1. The Labute approximate surface area is 255 Å². The van der Waals surface area contributed by atoms with Crippen LogP contribution in [0.1, 0.15) is 16.8 Å². The Kier molecular flexibility index (Phi) is 8.83. The first kappa shape index (κ1) is 29.9. The third-order valence-corrected chi connectivity index (χ3v) is 8.19. The van der Waals surface area contributed by atoms with Gasteiger partial charge in [-0.3, -0.25) is 19.5 Å². The number of hydrogen-bond donors (Lipinski definition) is 5. The van der Waals surface area contributed by atoms with Crippen LogP contribution in [0.3, 0.4) is 0 Å². The summed E-state index contributed by atoms with van der Waals surface area (Å²) >= 11 is 12.8. The van der Waals surface area contributed by atoms with Crippen LogP contribution in [-0.2, 0) is 14.8 Å². The molecule has 1 aromatic heterocycles. The lowest BCUT2D eigenvalue weighted by Crippen LogP contribution is -2.20. The Balaban J connectivity index is 1.29. The smallest absolute Gasteiger partial charge is 0.261 e. The van der Waals surface area contributed by atoms with E-state index in [-0.39, 0.29) is 34.2 Å². The Morgan fingerprint density at radius 3 is 2.49 bits per heavy atom. The maximum absolute atomic E-state index is 13.1. The molecular formula is C29H23Cl2N5O6S. The van der Waals surface area contributed by atoms with Gasteiger partial charge in [0.05, 0.1) is 50.3 Å². The molecule has 0 spiro atoms. The molecule has 0 aliphatic carbocycles. The number of ether oxygens (including phenoxy) is 1. The number of nitrogens with zero attached hydrogens (tertiary/aromatic N) is 1. The van der Waals surface area contributed by atoms with Crippen LogP contribution in [0.15, 0.2) is 89.8 Å². The summed E-state index contributed by atoms with van der Waals surface area (Å²) in [6.45, 7) is -0.0288. The summed E-state index contributed by atoms with van der Waals surface area (Å²) in [4.78, 5) is 31.8. The first-order chi connectivity index (χ1) is 20.6. The number of sulfonamides is 1. The van der Waals surface area contributed by atoms with Gasteiger partial charge in [0.25, 0.3) is 15.9 Å². The zero-order valence-corrected chi connectivity index (χ0v) is 24.4. The molecule has 5 aromatic rings. The number of imidazole rings is 1. The molecule has 0 radical (unpaired) electrons. The van der Waals surface area contributed by atoms with Crippen LogP contribution < -0.4 is 20.3 Å². The third kappa shape index (κ3) is 7.07. The van der Waals surface area contributed by atoms with Gasteiger partial charge in [0, 0.05) is 17.3 Å². The molecule has 220 valence electrons. The second kappa shape index (κ2) is 12.7. The summed E-state index contributed by atoms with van der Waals surface area (Å²) in [5.41, 5.74) is 4.37. The molecule has 2 amide bonds. The van der Waals surface area contributed by atoms with Gasteiger partial charge < -0.3 is 15.0 Å². The molecular weight excluding hydrogens is 617 g/mol. The number of hydrogen-bond acceptors (Lipinski definition) is 7. The number of aromatic nitrogens is 2. The number of nitrogens with one attached hydrogen (secondary N) is 4. The zero-order valence-electron chi connectivity index (χ0n) is 22.1. The topological polar surface area (TPSA) is 163 Å². The summed E-state index contributed by atoms with van der Waals surface area (Å²) in [7, 11) is -4.09. The Bertz CT molecular complexity index is 1910. The van der Waals surface area contributed by atoms with E-state index in [0.29, 0.717) is 27.8 Å². The maximum Gasteiger partial charge on any atom is 0.261 e. The Morgan fingerprint density at radius 2 is 1.72 bits per heavy atom. The molecule has 0 fully saturated rings. The van der Waals surface area contributed by atoms with Gasteiger partial charge in [0.15, 0.2) is 0 Å². The number of benzene rings is 4. The van der Waals surface area contributed by atoms with Crippen molar-refractivity contribution >= 4 is 67.4 Å². The summed E-state index contributed by atoms with van der Waals surface area (Å²) < 4.78 is 33.9. The molecule has 0 aliphatic heterocycles. The molecule has 5 rings (SSSR count). The number of amides is 2. The van der Waals surface area contributed by atoms with Crippen molar-refractivity contribution in [1.82, 2.24) is 15.4 Å². The highest BCUT2D eigenvalue weighted by Crippen LogP contribution is 2.31. The minimum absolute atomic E-state index is 0.0288. The van der Waals surface area contributed by atoms with Gasteiger partial charge in [0.1, 0.15) is 11.6 Å². The van der Waals surface area contributed by atoms with E-state index in [2.05, 4.69) is 20.0 Å². The van der Waals surface area contributed by atoms with Gasteiger partial charge in [-0.1, -0.05) is 41.4 Å². The summed E-state index contributed by atoms with van der Waals surface area (Å²) in [6, 6.07) is 22.3. The fraction of sp³-hybridized carbons (Fsp3) is 0.0690. The molecule has 4 aromatic carbocycles. The summed E-state index contributed by atoms with van der Waals surface area (Å²) in [6.07, 6.45) is -0.0919. The number of rotatable bonds is 10. The van der Waals surface area contributed by atoms with Gasteiger partial charge in [-0.05, 0) is 60.7 Å². The minimum Gasteiger partial charge on any atom is -0.493 e. The number of para-hydroxylation sites is 2. The normalized spacial score (nSPS) is 11.2. The highest BCUT2D eigenvalue weighted by Gasteiger charge is 2.19. The van der Waals surface area contributed by atoms with Crippen molar-refractivity contribution in [2.75, 3.05) is 16.6 Å². The van der Waals surface area contributed by atoms with Crippen LogP contribution in [0.25, 0.3) is 22.4 Å². The zero-order chi connectivity index (χ0) is 30.6. The van der Waals surface area contributed by atoms with E-state index in [1.165, 1.54) is 35.8 Å². The second-order valence-electron chi connectivity index (χ2n) is 9.16. The van der Waals surface area contributed by atoms with Gasteiger partial charge in [-0.25, -0.2) is 18.9 Å². The second-order valence-corrected chi connectivity index (χ2v) is 11.7. The lowest BCUT2D eigenvalue weighted by Gasteiger charge is -2.12. The number of carbonyl (C=O) groups is 2. The molecule has 43 heavy (non-hydrogen) atoms. The van der Waals surface area contributed by atoms with Crippen LogP contribution in [0, 0.1) is 0 Å². The van der Waals surface area contributed by atoms with Crippen LogP contribution in [0.2, 0.25) is 10.0 Å². The van der Waals surface area contributed by atoms with Crippen molar-refractivity contribution < 1.29 is 28.0 Å². The third-order valence-electron chi connectivity index (χ3n) is 6.17. The van der Waals surface area contributed by atoms with E-state index in [1.807, 2.05) is 24.3 Å². The molecule has 1 heterocycles. The number of fused-ring (bicyclic) bond motifs is 1. The lowest BCUT2D eigenvalue weighted by molar-refractivity contribution is -0.129. The molecule has 0 saturated carbocycles. The van der Waals surface area contributed by atoms with Gasteiger partial charge in [-0.15, -0.1) is 0 Å². The van der Waals surface area contributed by atoms with Gasteiger partial charge in [-0.2, -0.15) is 0 Å².